The average molecular weight is 557 g/mol. The van der Waals surface area contributed by atoms with E-state index in [4.69, 9.17) is 4.98 Å². The molecule has 4 heterocycles. The SMILES string of the molecule is Cc1cc(-c2cccnc2)cc2c(N3CCc4ccc(S(=O)(=O)N(C)CC5CCN(C)CC5)cc4C3)ncnc12. The van der Waals surface area contributed by atoms with Crippen molar-refractivity contribution >= 4 is 26.7 Å². The molecule has 9 heteroatoms. The molecule has 1 fully saturated rings. The highest BCUT2D eigenvalue weighted by atomic mass is 32.2. The third-order valence-electron chi connectivity index (χ3n) is 8.45. The molecule has 0 unspecified atom stereocenters. The third-order valence-corrected chi connectivity index (χ3v) is 10.3. The van der Waals surface area contributed by atoms with Gasteiger partial charge in [-0.1, -0.05) is 12.1 Å². The van der Waals surface area contributed by atoms with Gasteiger partial charge < -0.3 is 9.80 Å². The van der Waals surface area contributed by atoms with Crippen LogP contribution in [-0.2, 0) is 23.0 Å². The molecule has 0 radical (unpaired) electrons. The molecule has 2 aliphatic heterocycles. The van der Waals surface area contributed by atoms with E-state index in [9.17, 15) is 8.42 Å². The molecule has 2 aromatic heterocycles. The number of anilines is 1. The third kappa shape index (κ3) is 5.21. The number of rotatable bonds is 6. The van der Waals surface area contributed by atoms with Gasteiger partial charge in [0.1, 0.15) is 12.1 Å². The monoisotopic (exact) mass is 556 g/mol. The fourth-order valence-corrected chi connectivity index (χ4v) is 7.34. The zero-order chi connectivity index (χ0) is 27.9. The van der Waals surface area contributed by atoms with Crippen LogP contribution in [0.4, 0.5) is 5.82 Å². The van der Waals surface area contributed by atoms with Crippen molar-refractivity contribution < 1.29 is 8.42 Å². The van der Waals surface area contributed by atoms with Crippen LogP contribution in [0.2, 0.25) is 0 Å². The van der Waals surface area contributed by atoms with Crippen molar-refractivity contribution in [3.63, 3.8) is 0 Å². The minimum atomic E-state index is -3.57. The summed E-state index contributed by atoms with van der Waals surface area (Å²) in [5.74, 6) is 1.27. The van der Waals surface area contributed by atoms with Crippen LogP contribution in [0.5, 0.6) is 0 Å². The van der Waals surface area contributed by atoms with E-state index in [1.807, 2.05) is 24.4 Å². The van der Waals surface area contributed by atoms with Gasteiger partial charge in [0.15, 0.2) is 0 Å². The maximum atomic E-state index is 13.6. The second-order valence-corrected chi connectivity index (χ2v) is 13.3. The van der Waals surface area contributed by atoms with Gasteiger partial charge in [-0.2, -0.15) is 0 Å². The summed E-state index contributed by atoms with van der Waals surface area (Å²) < 4.78 is 28.7. The first-order chi connectivity index (χ1) is 19.3. The van der Waals surface area contributed by atoms with Gasteiger partial charge >= 0.3 is 0 Å². The van der Waals surface area contributed by atoms with Crippen LogP contribution in [0.15, 0.2) is 66.1 Å². The molecule has 1 saturated heterocycles. The highest BCUT2D eigenvalue weighted by Gasteiger charge is 2.28. The molecular weight excluding hydrogens is 520 g/mol. The first-order valence-electron chi connectivity index (χ1n) is 14.0. The summed E-state index contributed by atoms with van der Waals surface area (Å²) >= 11 is 0. The van der Waals surface area contributed by atoms with Crippen molar-refractivity contribution in [2.24, 2.45) is 5.92 Å². The molecular formula is C31H36N6O2S. The second-order valence-electron chi connectivity index (χ2n) is 11.3. The minimum absolute atomic E-state index is 0.366. The lowest BCUT2D eigenvalue weighted by Crippen LogP contribution is -2.38. The Morgan fingerprint density at radius 2 is 1.82 bits per heavy atom. The van der Waals surface area contributed by atoms with E-state index >= 15 is 0 Å². The fourth-order valence-electron chi connectivity index (χ4n) is 6.05. The predicted molar refractivity (Wildman–Crippen MR) is 159 cm³/mol. The highest BCUT2D eigenvalue weighted by molar-refractivity contribution is 7.89. The quantitative estimate of drug-likeness (QED) is 0.345. The van der Waals surface area contributed by atoms with Crippen molar-refractivity contribution in [2.75, 3.05) is 45.2 Å². The summed E-state index contributed by atoms with van der Waals surface area (Å²) in [6.45, 7) is 6.08. The van der Waals surface area contributed by atoms with Crippen LogP contribution in [0.1, 0.15) is 29.5 Å². The Labute approximate surface area is 236 Å². The fraction of sp³-hybridized carbons (Fsp3) is 0.387. The summed E-state index contributed by atoms with van der Waals surface area (Å²) in [5.41, 5.74) is 6.36. The van der Waals surface area contributed by atoms with E-state index in [1.54, 1.807) is 29.9 Å². The van der Waals surface area contributed by atoms with Crippen LogP contribution in [0.25, 0.3) is 22.0 Å². The van der Waals surface area contributed by atoms with E-state index in [-0.39, 0.29) is 0 Å². The van der Waals surface area contributed by atoms with Crippen molar-refractivity contribution in [2.45, 2.75) is 37.6 Å². The molecule has 4 aromatic rings. The molecule has 6 rings (SSSR count). The van der Waals surface area contributed by atoms with Gasteiger partial charge in [0.25, 0.3) is 0 Å². The lowest BCUT2D eigenvalue weighted by Gasteiger charge is -2.32. The van der Waals surface area contributed by atoms with Crippen LogP contribution in [0, 0.1) is 12.8 Å². The summed E-state index contributed by atoms with van der Waals surface area (Å²) in [4.78, 5) is 18.5. The molecule has 0 aliphatic carbocycles. The number of likely N-dealkylation sites (tertiary alicyclic amines) is 1. The Kier molecular flexibility index (Phi) is 7.29. The molecule has 8 nitrogen and oxygen atoms in total. The van der Waals surface area contributed by atoms with Crippen LogP contribution in [-0.4, -0.2) is 72.8 Å². The largest absolute Gasteiger partial charge is 0.351 e. The predicted octanol–water partition coefficient (Wildman–Crippen LogP) is 4.53. The molecule has 2 aliphatic rings. The van der Waals surface area contributed by atoms with Gasteiger partial charge in [-0.15, -0.1) is 0 Å². The average Bonchev–Trinajstić information content (AvgIpc) is 2.98. The molecule has 0 bridgehead atoms. The van der Waals surface area contributed by atoms with Crippen LogP contribution < -0.4 is 4.90 Å². The Morgan fingerprint density at radius 1 is 1.00 bits per heavy atom. The number of aryl methyl sites for hydroxylation is 1. The first kappa shape index (κ1) is 26.8. The van der Waals surface area contributed by atoms with Gasteiger partial charge in [0, 0.05) is 50.0 Å². The molecule has 40 heavy (non-hydrogen) atoms. The van der Waals surface area contributed by atoms with Gasteiger partial charge in [0.05, 0.1) is 10.4 Å². The van der Waals surface area contributed by atoms with Crippen LogP contribution in [0.3, 0.4) is 0 Å². The molecule has 0 atom stereocenters. The van der Waals surface area contributed by atoms with Gasteiger partial charge in [-0.05, 0) is 105 Å². The maximum absolute atomic E-state index is 13.6. The number of nitrogens with zero attached hydrogens (tertiary/aromatic N) is 6. The lowest BCUT2D eigenvalue weighted by atomic mass is 9.97. The second kappa shape index (κ2) is 10.9. The Hall–Kier alpha value is -3.40. The summed E-state index contributed by atoms with van der Waals surface area (Å²) in [6, 6.07) is 13.9. The summed E-state index contributed by atoms with van der Waals surface area (Å²) in [6.07, 6.45) is 8.16. The number of fused-ring (bicyclic) bond motifs is 2. The van der Waals surface area contributed by atoms with Gasteiger partial charge in [0.2, 0.25) is 10.0 Å². The molecule has 0 N–H and O–H groups in total. The van der Waals surface area contributed by atoms with Crippen molar-refractivity contribution in [1.82, 2.24) is 24.2 Å². The van der Waals surface area contributed by atoms with Crippen molar-refractivity contribution in [1.29, 1.82) is 0 Å². The zero-order valence-electron chi connectivity index (χ0n) is 23.4. The summed E-state index contributed by atoms with van der Waals surface area (Å²) in [5, 5.41) is 0.992. The van der Waals surface area contributed by atoms with Crippen LogP contribution >= 0.6 is 0 Å². The summed E-state index contributed by atoms with van der Waals surface area (Å²) in [7, 11) is 0.266. The molecule has 0 spiro atoms. The first-order valence-corrected chi connectivity index (χ1v) is 15.4. The van der Waals surface area contributed by atoms with E-state index in [0.717, 1.165) is 77.9 Å². The normalized spacial score (nSPS) is 16.9. The topological polar surface area (TPSA) is 82.5 Å². The standard InChI is InChI=1S/C31H36N6O2S/c1-22-15-26(25-5-4-11-32-18-25)17-29-30(22)33-21-34-31(29)37-14-10-24-6-7-28(16-27(24)20-37)40(38,39)36(3)19-23-8-12-35(2)13-9-23/h4-7,11,15-18,21,23H,8-10,12-14,19-20H2,1-3H3. The Morgan fingerprint density at radius 3 is 2.60 bits per heavy atom. The van der Waals surface area contributed by atoms with Crippen molar-refractivity contribution in [3.05, 3.63) is 77.9 Å². The molecule has 0 amide bonds. The number of hydrogen-bond acceptors (Lipinski definition) is 7. The van der Waals surface area contributed by atoms with Gasteiger partial charge in [-0.3, -0.25) is 4.98 Å². The lowest BCUT2D eigenvalue weighted by molar-refractivity contribution is 0.202. The zero-order valence-corrected chi connectivity index (χ0v) is 24.2. The molecule has 0 saturated carbocycles. The molecule has 208 valence electrons. The van der Waals surface area contributed by atoms with E-state index < -0.39 is 10.0 Å². The van der Waals surface area contributed by atoms with E-state index in [1.165, 1.54) is 5.56 Å². The number of pyridine rings is 1. The highest BCUT2D eigenvalue weighted by Crippen LogP contribution is 2.34. The number of aromatic nitrogens is 3. The van der Waals surface area contributed by atoms with Gasteiger partial charge in [-0.25, -0.2) is 22.7 Å². The minimum Gasteiger partial charge on any atom is -0.351 e. The Bertz CT molecular complexity index is 1630. The molecule has 2 aromatic carbocycles. The van der Waals surface area contributed by atoms with Crippen molar-refractivity contribution in [3.8, 4) is 11.1 Å². The number of hydrogen-bond donors (Lipinski definition) is 0. The number of benzene rings is 2. The van der Waals surface area contributed by atoms with E-state index in [2.05, 4.69) is 51.9 Å². The Balaban J connectivity index is 1.28. The smallest absolute Gasteiger partial charge is 0.242 e. The van der Waals surface area contributed by atoms with E-state index in [0.29, 0.717) is 23.9 Å². The maximum Gasteiger partial charge on any atom is 0.242 e. The number of sulfonamides is 1. The number of piperidine rings is 1.